The summed E-state index contributed by atoms with van der Waals surface area (Å²) in [7, 11) is -3.15. The summed E-state index contributed by atoms with van der Waals surface area (Å²) in [6.07, 6.45) is 4.68. The van der Waals surface area contributed by atoms with E-state index in [1.54, 1.807) is 15.8 Å². The highest BCUT2D eigenvalue weighted by Crippen LogP contribution is 2.30. The van der Waals surface area contributed by atoms with Crippen LogP contribution in [0, 0.1) is 0 Å². The van der Waals surface area contributed by atoms with E-state index < -0.39 is 22.0 Å². The number of nitrogens with zero attached hydrogens (tertiary/aromatic N) is 3. The van der Waals surface area contributed by atoms with Gasteiger partial charge in [-0.15, -0.1) is 0 Å². The monoisotopic (exact) mass is 341 g/mol. The zero-order valence-corrected chi connectivity index (χ0v) is 14.3. The third-order valence-corrected chi connectivity index (χ3v) is 6.21. The first-order chi connectivity index (χ1) is 10.9. The Bertz CT molecular complexity index is 685. The summed E-state index contributed by atoms with van der Waals surface area (Å²) in [4.78, 5) is 14.5. The molecule has 1 aromatic rings. The number of aryl methyl sites for hydroxylation is 1. The van der Waals surface area contributed by atoms with E-state index in [2.05, 4.69) is 5.10 Å². The lowest BCUT2D eigenvalue weighted by molar-refractivity contribution is -0.144. The summed E-state index contributed by atoms with van der Waals surface area (Å²) in [5, 5.41) is 4.21. The zero-order chi connectivity index (χ0) is 16.6. The molecule has 7 nitrogen and oxygen atoms in total. The molecular formula is C15H23N3O4S. The van der Waals surface area contributed by atoms with E-state index in [1.165, 1.54) is 0 Å². The van der Waals surface area contributed by atoms with Crippen LogP contribution in [-0.4, -0.2) is 59.3 Å². The van der Waals surface area contributed by atoms with Gasteiger partial charge < -0.3 is 9.64 Å². The maximum Gasteiger partial charge on any atom is 0.252 e. The van der Waals surface area contributed by atoms with Crippen LogP contribution in [0.2, 0.25) is 0 Å². The first-order valence-corrected chi connectivity index (χ1v) is 9.90. The summed E-state index contributed by atoms with van der Waals surface area (Å²) in [6, 6.07) is -0.471. The molecule has 0 bridgehead atoms. The minimum absolute atomic E-state index is 0.0133. The largest absolute Gasteiger partial charge is 0.365 e. The van der Waals surface area contributed by atoms with E-state index in [-0.39, 0.29) is 30.1 Å². The van der Waals surface area contributed by atoms with Crippen molar-refractivity contribution >= 4 is 15.7 Å². The Morgan fingerprint density at radius 3 is 2.83 bits per heavy atom. The van der Waals surface area contributed by atoms with Gasteiger partial charge in [0.25, 0.3) is 5.91 Å². The van der Waals surface area contributed by atoms with Crippen molar-refractivity contribution in [3.05, 3.63) is 18.0 Å². The SMILES string of the molecule is CCn1cc([C@@H]2CS(=O)(=O)CCN2C(=O)[C@H]2CC[C@H](C)O2)cn1. The van der Waals surface area contributed by atoms with E-state index in [0.29, 0.717) is 13.0 Å². The smallest absolute Gasteiger partial charge is 0.252 e. The van der Waals surface area contributed by atoms with Crippen LogP contribution in [0.5, 0.6) is 0 Å². The lowest BCUT2D eigenvalue weighted by Crippen LogP contribution is -2.49. The summed E-state index contributed by atoms with van der Waals surface area (Å²) in [5.41, 5.74) is 0.773. The quantitative estimate of drug-likeness (QED) is 0.811. The highest BCUT2D eigenvalue weighted by Gasteiger charge is 2.40. The molecule has 128 valence electrons. The maximum atomic E-state index is 12.8. The summed E-state index contributed by atoms with van der Waals surface area (Å²) >= 11 is 0. The number of hydrogen-bond acceptors (Lipinski definition) is 5. The Kier molecular flexibility index (Phi) is 4.46. The van der Waals surface area contributed by atoms with E-state index in [0.717, 1.165) is 12.0 Å². The van der Waals surface area contributed by atoms with E-state index in [9.17, 15) is 13.2 Å². The molecule has 0 N–H and O–H groups in total. The van der Waals surface area contributed by atoms with Crippen LogP contribution in [0.15, 0.2) is 12.4 Å². The molecule has 2 aliphatic rings. The average Bonchev–Trinajstić information content (AvgIpc) is 3.14. The van der Waals surface area contributed by atoms with Crippen molar-refractivity contribution in [2.45, 2.75) is 51.5 Å². The van der Waals surface area contributed by atoms with Gasteiger partial charge in [-0.3, -0.25) is 9.48 Å². The average molecular weight is 341 g/mol. The molecule has 2 aliphatic heterocycles. The first kappa shape index (κ1) is 16.4. The number of amides is 1. The molecule has 3 heterocycles. The third-order valence-electron chi connectivity index (χ3n) is 4.58. The molecule has 0 radical (unpaired) electrons. The van der Waals surface area contributed by atoms with Gasteiger partial charge in [-0.05, 0) is 26.7 Å². The fourth-order valence-electron chi connectivity index (χ4n) is 3.24. The van der Waals surface area contributed by atoms with Gasteiger partial charge in [0.05, 0.1) is 29.8 Å². The molecule has 2 fully saturated rings. The number of carbonyl (C=O) groups is 1. The molecule has 0 saturated carbocycles. The van der Waals surface area contributed by atoms with Crippen molar-refractivity contribution in [3.63, 3.8) is 0 Å². The number of sulfone groups is 1. The van der Waals surface area contributed by atoms with Crippen LogP contribution < -0.4 is 0 Å². The summed E-state index contributed by atoms with van der Waals surface area (Å²) in [5.74, 6) is -0.131. The standard InChI is InChI=1S/C15H23N3O4S/c1-3-17-9-12(8-16-17)13-10-23(20,21)7-6-18(13)15(19)14-5-4-11(2)22-14/h8-9,11,13-14H,3-7,10H2,1-2H3/t11-,13-,14+/m0/s1. The number of carbonyl (C=O) groups excluding carboxylic acids is 1. The van der Waals surface area contributed by atoms with Crippen LogP contribution in [0.25, 0.3) is 0 Å². The van der Waals surface area contributed by atoms with Crippen LogP contribution in [-0.2, 0) is 25.9 Å². The highest BCUT2D eigenvalue weighted by atomic mass is 32.2. The van der Waals surface area contributed by atoms with Gasteiger partial charge in [-0.25, -0.2) is 8.42 Å². The van der Waals surface area contributed by atoms with E-state index in [1.807, 2.05) is 20.0 Å². The Hall–Kier alpha value is -1.41. The van der Waals surface area contributed by atoms with Gasteiger partial charge in [0.2, 0.25) is 0 Å². The predicted molar refractivity (Wildman–Crippen MR) is 84.6 cm³/mol. The molecule has 3 rings (SSSR count). The molecule has 8 heteroatoms. The van der Waals surface area contributed by atoms with Crippen molar-refractivity contribution in [1.29, 1.82) is 0 Å². The van der Waals surface area contributed by atoms with Gasteiger partial charge in [-0.2, -0.15) is 5.10 Å². The van der Waals surface area contributed by atoms with Crippen molar-refractivity contribution in [1.82, 2.24) is 14.7 Å². The molecule has 1 aromatic heterocycles. The topological polar surface area (TPSA) is 81.5 Å². The molecule has 0 unspecified atom stereocenters. The molecule has 3 atom stereocenters. The molecule has 0 aliphatic carbocycles. The van der Waals surface area contributed by atoms with Gasteiger partial charge in [-0.1, -0.05) is 0 Å². The zero-order valence-electron chi connectivity index (χ0n) is 13.5. The van der Waals surface area contributed by atoms with Crippen molar-refractivity contribution in [2.75, 3.05) is 18.1 Å². The van der Waals surface area contributed by atoms with Gasteiger partial charge in [0.15, 0.2) is 9.84 Å². The normalized spacial score (nSPS) is 30.5. The fraction of sp³-hybridized carbons (Fsp3) is 0.733. The third kappa shape index (κ3) is 3.42. The summed E-state index contributed by atoms with van der Waals surface area (Å²) < 4.78 is 31.5. The second-order valence-electron chi connectivity index (χ2n) is 6.30. The molecule has 0 aromatic carbocycles. The number of hydrogen-bond donors (Lipinski definition) is 0. The van der Waals surface area contributed by atoms with Crippen LogP contribution in [0.1, 0.15) is 38.3 Å². The molecular weight excluding hydrogens is 318 g/mol. The predicted octanol–water partition coefficient (Wildman–Crippen LogP) is 0.769. The second kappa shape index (κ2) is 6.24. The van der Waals surface area contributed by atoms with E-state index in [4.69, 9.17) is 4.74 Å². The van der Waals surface area contributed by atoms with Crippen LogP contribution in [0.3, 0.4) is 0 Å². The van der Waals surface area contributed by atoms with E-state index >= 15 is 0 Å². The minimum atomic E-state index is -3.15. The fourth-order valence-corrected chi connectivity index (χ4v) is 4.74. The second-order valence-corrected chi connectivity index (χ2v) is 8.53. The Morgan fingerprint density at radius 1 is 1.43 bits per heavy atom. The maximum absolute atomic E-state index is 12.8. The molecule has 23 heavy (non-hydrogen) atoms. The van der Waals surface area contributed by atoms with Crippen LogP contribution >= 0.6 is 0 Å². The Labute approximate surface area is 136 Å². The van der Waals surface area contributed by atoms with Gasteiger partial charge >= 0.3 is 0 Å². The van der Waals surface area contributed by atoms with Crippen molar-refractivity contribution in [2.24, 2.45) is 0 Å². The van der Waals surface area contributed by atoms with Crippen molar-refractivity contribution < 1.29 is 17.9 Å². The molecule has 1 amide bonds. The number of ether oxygens (including phenoxy) is 1. The number of rotatable bonds is 3. The lowest BCUT2D eigenvalue weighted by Gasteiger charge is -2.36. The first-order valence-electron chi connectivity index (χ1n) is 8.08. The van der Waals surface area contributed by atoms with Gasteiger partial charge in [0, 0.05) is 24.8 Å². The summed E-state index contributed by atoms with van der Waals surface area (Å²) in [6.45, 7) is 4.84. The Balaban J connectivity index is 1.85. The lowest BCUT2D eigenvalue weighted by atomic mass is 10.1. The van der Waals surface area contributed by atoms with Crippen LogP contribution in [0.4, 0.5) is 0 Å². The molecule has 2 saturated heterocycles. The van der Waals surface area contributed by atoms with Gasteiger partial charge in [0.1, 0.15) is 6.10 Å². The Morgan fingerprint density at radius 2 is 2.22 bits per heavy atom. The highest BCUT2D eigenvalue weighted by molar-refractivity contribution is 7.91. The van der Waals surface area contributed by atoms with Crippen molar-refractivity contribution in [3.8, 4) is 0 Å². The number of aromatic nitrogens is 2. The minimum Gasteiger partial charge on any atom is -0.365 e. The molecule has 0 spiro atoms.